The molecule has 1 aromatic carbocycles. The molecule has 7 heteroatoms. The molecule has 1 N–H and O–H groups in total. The molecule has 2 heterocycles. The average molecular weight is 399 g/mol. The van der Waals surface area contributed by atoms with Gasteiger partial charge in [0.1, 0.15) is 0 Å². The van der Waals surface area contributed by atoms with E-state index in [1.165, 1.54) is 0 Å². The number of aromatic nitrogens is 2. The Balaban J connectivity index is 1.96. The van der Waals surface area contributed by atoms with Gasteiger partial charge in [-0.3, -0.25) is 14.0 Å². The molecule has 0 aliphatic carbocycles. The second-order valence-corrected chi connectivity index (χ2v) is 6.93. The van der Waals surface area contributed by atoms with Crippen molar-refractivity contribution >= 4 is 34.6 Å². The minimum atomic E-state index is -0.389. The van der Waals surface area contributed by atoms with Crippen molar-refractivity contribution in [3.63, 3.8) is 0 Å². The molecule has 3 rings (SSSR count). The van der Waals surface area contributed by atoms with Crippen molar-refractivity contribution in [2.75, 3.05) is 18.4 Å². The molecule has 0 saturated heterocycles. The first-order chi connectivity index (χ1) is 13.5. The zero-order valence-electron chi connectivity index (χ0n) is 16.0. The molecule has 0 unspecified atom stereocenters. The highest BCUT2D eigenvalue weighted by molar-refractivity contribution is 6.30. The van der Waals surface area contributed by atoms with E-state index >= 15 is 0 Å². The maximum atomic E-state index is 13.1. The van der Waals surface area contributed by atoms with Gasteiger partial charge in [0.05, 0.1) is 5.52 Å². The molecule has 6 nitrogen and oxygen atoms in total. The second-order valence-electron chi connectivity index (χ2n) is 6.49. The molecule has 0 fully saturated rings. The molecule has 3 aromatic rings. The first kappa shape index (κ1) is 19.9. The normalized spacial score (nSPS) is 10.8. The Bertz CT molecular complexity index is 976. The van der Waals surface area contributed by atoms with Crippen molar-refractivity contribution in [1.29, 1.82) is 0 Å². The van der Waals surface area contributed by atoms with Crippen LogP contribution in [0.25, 0.3) is 5.52 Å². The van der Waals surface area contributed by atoms with E-state index in [4.69, 9.17) is 11.6 Å². The van der Waals surface area contributed by atoms with Crippen molar-refractivity contribution in [2.45, 2.75) is 26.7 Å². The van der Waals surface area contributed by atoms with Gasteiger partial charge in [0.25, 0.3) is 11.8 Å². The summed E-state index contributed by atoms with van der Waals surface area (Å²) >= 11 is 5.89. The molecule has 2 aromatic heterocycles. The number of halogens is 1. The number of carbonyl (C=O) groups excluding carboxylic acids is 2. The van der Waals surface area contributed by atoms with E-state index in [1.807, 2.05) is 19.9 Å². The lowest BCUT2D eigenvalue weighted by molar-refractivity contribution is 0.0752. The van der Waals surface area contributed by atoms with Crippen LogP contribution in [-0.2, 0) is 0 Å². The summed E-state index contributed by atoms with van der Waals surface area (Å²) < 4.78 is 1.65. The summed E-state index contributed by atoms with van der Waals surface area (Å²) in [5.74, 6) is -0.375. The van der Waals surface area contributed by atoms with Crippen molar-refractivity contribution < 1.29 is 9.59 Å². The maximum absolute atomic E-state index is 13.1. The molecular formula is C21H23ClN4O2. The number of rotatable bonds is 7. The molecule has 0 radical (unpaired) electrons. The minimum Gasteiger partial charge on any atom is -0.337 e. The van der Waals surface area contributed by atoms with Crippen LogP contribution in [0.15, 0.2) is 48.7 Å². The van der Waals surface area contributed by atoms with Crippen LogP contribution >= 0.6 is 11.6 Å². The molecule has 28 heavy (non-hydrogen) atoms. The van der Waals surface area contributed by atoms with E-state index in [0.29, 0.717) is 35.0 Å². The van der Waals surface area contributed by atoms with Gasteiger partial charge in [-0.05, 0) is 49.2 Å². The lowest BCUT2D eigenvalue weighted by Crippen LogP contribution is -2.33. The number of amides is 2. The van der Waals surface area contributed by atoms with Gasteiger partial charge in [-0.25, -0.2) is 4.98 Å². The summed E-state index contributed by atoms with van der Waals surface area (Å²) in [7, 11) is 0. The van der Waals surface area contributed by atoms with E-state index in [0.717, 1.165) is 12.8 Å². The van der Waals surface area contributed by atoms with Crippen molar-refractivity contribution in [2.24, 2.45) is 0 Å². The fourth-order valence-electron chi connectivity index (χ4n) is 3.08. The van der Waals surface area contributed by atoms with Crippen LogP contribution in [0.5, 0.6) is 0 Å². The van der Waals surface area contributed by atoms with Crippen LogP contribution in [-0.4, -0.2) is 39.2 Å². The van der Waals surface area contributed by atoms with Crippen LogP contribution in [0, 0.1) is 0 Å². The smallest absolute Gasteiger partial charge is 0.292 e. The Labute approximate surface area is 169 Å². The van der Waals surface area contributed by atoms with Crippen molar-refractivity contribution in [3.8, 4) is 0 Å². The summed E-state index contributed by atoms with van der Waals surface area (Å²) in [4.78, 5) is 32.1. The fourth-order valence-corrected chi connectivity index (χ4v) is 3.21. The van der Waals surface area contributed by atoms with Crippen LogP contribution in [0.3, 0.4) is 0 Å². The first-order valence-corrected chi connectivity index (χ1v) is 9.76. The Morgan fingerprint density at radius 1 is 1.07 bits per heavy atom. The largest absolute Gasteiger partial charge is 0.337 e. The molecule has 0 atom stereocenters. The monoisotopic (exact) mass is 398 g/mol. The third-order valence-corrected chi connectivity index (χ3v) is 4.58. The van der Waals surface area contributed by atoms with Crippen molar-refractivity contribution in [1.82, 2.24) is 14.3 Å². The summed E-state index contributed by atoms with van der Waals surface area (Å²) in [5, 5.41) is 3.39. The third kappa shape index (κ3) is 4.17. The van der Waals surface area contributed by atoms with Gasteiger partial charge >= 0.3 is 0 Å². The predicted octanol–water partition coefficient (Wildman–Crippen LogP) is 4.50. The highest BCUT2D eigenvalue weighted by atomic mass is 35.5. The molecule has 2 amide bonds. The fraction of sp³-hybridized carbons (Fsp3) is 0.286. The van der Waals surface area contributed by atoms with E-state index in [1.54, 1.807) is 51.9 Å². The maximum Gasteiger partial charge on any atom is 0.292 e. The first-order valence-electron chi connectivity index (χ1n) is 9.38. The number of fused-ring (bicyclic) bond motifs is 1. The predicted molar refractivity (Wildman–Crippen MR) is 111 cm³/mol. The molecule has 146 valence electrons. The quantitative estimate of drug-likeness (QED) is 0.637. The summed E-state index contributed by atoms with van der Waals surface area (Å²) in [5.41, 5.74) is 1.52. The van der Waals surface area contributed by atoms with E-state index in [-0.39, 0.29) is 17.6 Å². The Hall–Kier alpha value is -2.86. The summed E-state index contributed by atoms with van der Waals surface area (Å²) in [6, 6.07) is 12.3. The average Bonchev–Trinajstić information content (AvgIpc) is 3.09. The molecule has 0 saturated carbocycles. The zero-order chi connectivity index (χ0) is 20.1. The molecular weight excluding hydrogens is 376 g/mol. The van der Waals surface area contributed by atoms with Gasteiger partial charge in [-0.2, -0.15) is 0 Å². The van der Waals surface area contributed by atoms with Gasteiger partial charge < -0.3 is 10.2 Å². The van der Waals surface area contributed by atoms with Crippen molar-refractivity contribution in [3.05, 3.63) is 65.2 Å². The number of hydrogen-bond donors (Lipinski definition) is 1. The van der Waals surface area contributed by atoms with Crippen LogP contribution in [0.1, 0.15) is 47.8 Å². The summed E-state index contributed by atoms with van der Waals surface area (Å²) in [6.45, 7) is 5.38. The number of nitrogens with one attached hydrogen (secondary N) is 1. The Kier molecular flexibility index (Phi) is 6.31. The zero-order valence-corrected chi connectivity index (χ0v) is 16.7. The number of pyridine rings is 1. The van der Waals surface area contributed by atoms with Crippen LogP contribution in [0.4, 0.5) is 5.69 Å². The number of benzene rings is 1. The van der Waals surface area contributed by atoms with E-state index in [9.17, 15) is 9.59 Å². The lowest BCUT2D eigenvalue weighted by Gasteiger charge is -2.20. The van der Waals surface area contributed by atoms with Gasteiger partial charge in [-0.15, -0.1) is 0 Å². The third-order valence-electron chi connectivity index (χ3n) is 4.33. The van der Waals surface area contributed by atoms with Gasteiger partial charge in [0.2, 0.25) is 5.82 Å². The van der Waals surface area contributed by atoms with Gasteiger partial charge in [-0.1, -0.05) is 31.5 Å². The number of hydrogen-bond acceptors (Lipinski definition) is 3. The highest BCUT2D eigenvalue weighted by Gasteiger charge is 2.24. The molecule has 0 aliphatic heterocycles. The standard InChI is InChI=1S/C21H23ClN4O2/c1-3-12-25(13-4-2)21(28)18-17-7-5-6-14-26(17)19(24-18)20(27)23-16-10-8-15(22)9-11-16/h5-11,14H,3-4,12-13H2,1-2H3,(H,23,27). The SMILES string of the molecule is CCCN(CCC)C(=O)c1nc(C(=O)Nc2ccc(Cl)cc2)n2ccccc12. The topological polar surface area (TPSA) is 66.7 Å². The highest BCUT2D eigenvalue weighted by Crippen LogP contribution is 2.18. The van der Waals surface area contributed by atoms with Gasteiger partial charge in [0.15, 0.2) is 5.69 Å². The number of anilines is 1. The van der Waals surface area contributed by atoms with Crippen LogP contribution in [0.2, 0.25) is 5.02 Å². The second kappa shape index (κ2) is 8.89. The minimum absolute atomic E-state index is 0.155. The number of nitrogens with zero attached hydrogens (tertiary/aromatic N) is 3. The Morgan fingerprint density at radius 2 is 1.75 bits per heavy atom. The lowest BCUT2D eigenvalue weighted by atomic mass is 10.2. The Morgan fingerprint density at radius 3 is 2.39 bits per heavy atom. The molecule has 0 spiro atoms. The van der Waals surface area contributed by atoms with Crippen LogP contribution < -0.4 is 5.32 Å². The van der Waals surface area contributed by atoms with E-state index in [2.05, 4.69) is 10.3 Å². The van der Waals surface area contributed by atoms with E-state index < -0.39 is 0 Å². The number of imidazole rings is 1. The molecule has 0 bridgehead atoms. The van der Waals surface area contributed by atoms with Gasteiger partial charge in [0, 0.05) is 30.0 Å². The number of carbonyl (C=O) groups is 2. The molecule has 0 aliphatic rings. The summed E-state index contributed by atoms with van der Waals surface area (Å²) in [6.07, 6.45) is 3.46.